The summed E-state index contributed by atoms with van der Waals surface area (Å²) in [5.74, 6) is 0.121. The lowest BCUT2D eigenvalue weighted by molar-refractivity contribution is 0.102. The SMILES string of the molecule is Cc1cc(Oc2ncccc2C#N)ccc1NC(=O)c1ccccc1S(=O)(=O)C(C)C. The maximum absolute atomic E-state index is 12.9. The molecule has 0 saturated heterocycles. The Balaban J connectivity index is 1.85. The third-order valence-electron chi connectivity index (χ3n) is 4.61. The van der Waals surface area contributed by atoms with Crippen LogP contribution in [0.15, 0.2) is 65.7 Å². The molecule has 0 spiro atoms. The Bertz CT molecular complexity index is 1280. The van der Waals surface area contributed by atoms with Gasteiger partial charge in [0.25, 0.3) is 5.91 Å². The van der Waals surface area contributed by atoms with Crippen molar-refractivity contribution in [1.82, 2.24) is 4.98 Å². The second-order valence-corrected chi connectivity index (χ2v) is 9.56. The molecule has 0 unspecified atom stereocenters. The summed E-state index contributed by atoms with van der Waals surface area (Å²) in [6, 6.07) is 16.4. The number of amides is 1. The van der Waals surface area contributed by atoms with Gasteiger partial charge >= 0.3 is 0 Å². The van der Waals surface area contributed by atoms with E-state index in [0.717, 1.165) is 0 Å². The van der Waals surface area contributed by atoms with Gasteiger partial charge in [0.15, 0.2) is 9.84 Å². The van der Waals surface area contributed by atoms with E-state index in [0.29, 0.717) is 22.6 Å². The van der Waals surface area contributed by atoms with Crippen LogP contribution in [-0.2, 0) is 9.84 Å². The number of nitriles is 1. The van der Waals surface area contributed by atoms with E-state index in [1.807, 2.05) is 6.07 Å². The first-order chi connectivity index (χ1) is 14.7. The van der Waals surface area contributed by atoms with Crippen molar-refractivity contribution in [2.45, 2.75) is 30.9 Å². The Morgan fingerprint density at radius 3 is 2.55 bits per heavy atom. The molecule has 2 aromatic carbocycles. The first-order valence-electron chi connectivity index (χ1n) is 9.52. The van der Waals surface area contributed by atoms with Gasteiger partial charge in [-0.1, -0.05) is 12.1 Å². The van der Waals surface area contributed by atoms with Crippen LogP contribution in [0.4, 0.5) is 5.69 Å². The highest BCUT2D eigenvalue weighted by molar-refractivity contribution is 7.92. The molecule has 1 aromatic heterocycles. The lowest BCUT2D eigenvalue weighted by Crippen LogP contribution is -2.21. The molecular weight excluding hydrogens is 414 g/mol. The third-order valence-corrected chi connectivity index (χ3v) is 6.82. The maximum Gasteiger partial charge on any atom is 0.256 e. The number of benzene rings is 2. The van der Waals surface area contributed by atoms with E-state index in [1.54, 1.807) is 63.2 Å². The topological polar surface area (TPSA) is 109 Å². The molecule has 3 rings (SSSR count). The molecule has 0 bridgehead atoms. The fraction of sp³-hybridized carbons (Fsp3) is 0.174. The van der Waals surface area contributed by atoms with Crippen LogP contribution in [0.2, 0.25) is 0 Å². The second kappa shape index (κ2) is 8.98. The van der Waals surface area contributed by atoms with E-state index in [4.69, 9.17) is 10.00 Å². The molecule has 0 aliphatic rings. The number of aryl methyl sites for hydroxylation is 1. The number of ether oxygens (including phenoxy) is 1. The molecule has 3 aromatic rings. The summed E-state index contributed by atoms with van der Waals surface area (Å²) in [5.41, 5.74) is 1.60. The summed E-state index contributed by atoms with van der Waals surface area (Å²) >= 11 is 0. The molecule has 8 heteroatoms. The fourth-order valence-corrected chi connectivity index (χ4v) is 4.10. The predicted molar refractivity (Wildman–Crippen MR) is 117 cm³/mol. The number of sulfone groups is 1. The fourth-order valence-electron chi connectivity index (χ4n) is 2.85. The minimum Gasteiger partial charge on any atom is -0.438 e. The number of carbonyl (C=O) groups excluding carboxylic acids is 1. The van der Waals surface area contributed by atoms with Crippen LogP contribution in [0.5, 0.6) is 11.6 Å². The van der Waals surface area contributed by atoms with Crippen LogP contribution in [0.1, 0.15) is 35.3 Å². The molecule has 1 amide bonds. The zero-order valence-corrected chi connectivity index (χ0v) is 18.1. The summed E-state index contributed by atoms with van der Waals surface area (Å²) in [7, 11) is -3.62. The number of anilines is 1. The average Bonchev–Trinajstić information content (AvgIpc) is 2.75. The van der Waals surface area contributed by atoms with Crippen LogP contribution in [-0.4, -0.2) is 24.6 Å². The highest BCUT2D eigenvalue weighted by atomic mass is 32.2. The molecule has 0 aliphatic carbocycles. The molecular formula is C23H21N3O4S. The minimum atomic E-state index is -3.62. The van der Waals surface area contributed by atoms with Crippen molar-refractivity contribution in [3.63, 3.8) is 0 Å². The zero-order chi connectivity index (χ0) is 22.6. The van der Waals surface area contributed by atoms with Crippen LogP contribution >= 0.6 is 0 Å². The van der Waals surface area contributed by atoms with Gasteiger partial charge in [-0.05, 0) is 68.8 Å². The quantitative estimate of drug-likeness (QED) is 0.611. The van der Waals surface area contributed by atoms with Gasteiger partial charge < -0.3 is 10.1 Å². The lowest BCUT2D eigenvalue weighted by Gasteiger charge is -2.14. The van der Waals surface area contributed by atoms with Crippen molar-refractivity contribution < 1.29 is 17.9 Å². The smallest absolute Gasteiger partial charge is 0.256 e. The zero-order valence-electron chi connectivity index (χ0n) is 17.3. The summed E-state index contributed by atoms with van der Waals surface area (Å²) in [6.07, 6.45) is 1.53. The Hall–Kier alpha value is -3.70. The molecule has 0 atom stereocenters. The van der Waals surface area contributed by atoms with Crippen molar-refractivity contribution in [3.8, 4) is 17.7 Å². The van der Waals surface area contributed by atoms with Gasteiger partial charge in [0.1, 0.15) is 17.4 Å². The number of aromatic nitrogens is 1. The maximum atomic E-state index is 12.9. The van der Waals surface area contributed by atoms with Gasteiger partial charge in [-0.15, -0.1) is 0 Å². The van der Waals surface area contributed by atoms with E-state index >= 15 is 0 Å². The Morgan fingerprint density at radius 2 is 1.87 bits per heavy atom. The largest absolute Gasteiger partial charge is 0.438 e. The molecule has 0 radical (unpaired) electrons. The van der Waals surface area contributed by atoms with Crippen LogP contribution in [0.3, 0.4) is 0 Å². The van der Waals surface area contributed by atoms with Crippen molar-refractivity contribution in [2.75, 3.05) is 5.32 Å². The van der Waals surface area contributed by atoms with Gasteiger partial charge in [-0.2, -0.15) is 5.26 Å². The number of pyridine rings is 1. The van der Waals surface area contributed by atoms with Crippen molar-refractivity contribution in [1.29, 1.82) is 5.26 Å². The monoisotopic (exact) mass is 435 g/mol. The standard InChI is InChI=1S/C23H21N3O4S/c1-15(2)31(28,29)21-9-5-4-8-19(21)22(27)26-20-11-10-18(13-16(20)3)30-23-17(14-24)7-6-12-25-23/h4-13,15H,1-3H3,(H,26,27). The second-order valence-electron chi connectivity index (χ2n) is 7.09. The van der Waals surface area contributed by atoms with Gasteiger partial charge in [-0.25, -0.2) is 13.4 Å². The van der Waals surface area contributed by atoms with Crippen molar-refractivity contribution >= 4 is 21.4 Å². The molecule has 0 fully saturated rings. The Labute approximate surface area is 181 Å². The molecule has 0 saturated carbocycles. The molecule has 31 heavy (non-hydrogen) atoms. The highest BCUT2D eigenvalue weighted by Crippen LogP contribution is 2.28. The number of nitrogens with one attached hydrogen (secondary N) is 1. The molecule has 7 nitrogen and oxygen atoms in total. The average molecular weight is 436 g/mol. The summed E-state index contributed by atoms with van der Waals surface area (Å²) in [6.45, 7) is 4.93. The van der Waals surface area contributed by atoms with Crippen LogP contribution in [0.25, 0.3) is 0 Å². The number of rotatable bonds is 6. The Morgan fingerprint density at radius 1 is 1.13 bits per heavy atom. The van der Waals surface area contributed by atoms with Gasteiger partial charge in [0.2, 0.25) is 5.88 Å². The van der Waals surface area contributed by atoms with Gasteiger partial charge in [-0.3, -0.25) is 4.79 Å². The van der Waals surface area contributed by atoms with Crippen LogP contribution in [0, 0.1) is 18.3 Å². The lowest BCUT2D eigenvalue weighted by atomic mass is 10.1. The van der Waals surface area contributed by atoms with Crippen molar-refractivity contribution in [2.24, 2.45) is 0 Å². The van der Waals surface area contributed by atoms with E-state index in [-0.39, 0.29) is 16.3 Å². The van der Waals surface area contributed by atoms with E-state index in [1.165, 1.54) is 18.3 Å². The molecule has 158 valence electrons. The molecule has 1 heterocycles. The van der Waals surface area contributed by atoms with Gasteiger partial charge in [0.05, 0.1) is 15.7 Å². The number of carbonyl (C=O) groups is 1. The minimum absolute atomic E-state index is 0.000656. The highest BCUT2D eigenvalue weighted by Gasteiger charge is 2.25. The first kappa shape index (κ1) is 22.0. The third kappa shape index (κ3) is 4.73. The molecule has 1 N–H and O–H groups in total. The van der Waals surface area contributed by atoms with Crippen molar-refractivity contribution in [3.05, 3.63) is 77.5 Å². The predicted octanol–water partition coefficient (Wildman–Crippen LogP) is 4.49. The normalized spacial score (nSPS) is 11.1. The van der Waals surface area contributed by atoms with E-state index in [2.05, 4.69) is 10.3 Å². The number of nitrogens with zero attached hydrogens (tertiary/aromatic N) is 2. The van der Waals surface area contributed by atoms with E-state index in [9.17, 15) is 13.2 Å². The van der Waals surface area contributed by atoms with Gasteiger partial charge in [0, 0.05) is 11.9 Å². The van der Waals surface area contributed by atoms with Crippen LogP contribution < -0.4 is 10.1 Å². The Kier molecular flexibility index (Phi) is 6.37. The summed E-state index contributed by atoms with van der Waals surface area (Å²) in [4.78, 5) is 16.9. The first-order valence-corrected chi connectivity index (χ1v) is 11.1. The summed E-state index contributed by atoms with van der Waals surface area (Å²) in [5, 5.41) is 11.3. The number of hydrogen-bond donors (Lipinski definition) is 1. The van der Waals surface area contributed by atoms with E-state index < -0.39 is 21.0 Å². The summed E-state index contributed by atoms with van der Waals surface area (Å²) < 4.78 is 30.9. The molecule has 0 aliphatic heterocycles. The number of hydrogen-bond acceptors (Lipinski definition) is 6.